The van der Waals surface area contributed by atoms with Crippen molar-refractivity contribution in [3.05, 3.63) is 42.7 Å². The van der Waals surface area contributed by atoms with Gasteiger partial charge in [0.25, 0.3) is 0 Å². The van der Waals surface area contributed by atoms with Crippen LogP contribution in [-0.2, 0) is 19.6 Å². The third kappa shape index (κ3) is 2.39. The first-order chi connectivity index (χ1) is 12.0. The lowest BCUT2D eigenvalue weighted by Gasteiger charge is -2.32. The average molecular weight is 361 g/mol. The van der Waals surface area contributed by atoms with Gasteiger partial charge in [-0.25, -0.2) is 13.1 Å². The quantitative estimate of drug-likeness (QED) is 0.773. The summed E-state index contributed by atoms with van der Waals surface area (Å²) >= 11 is 0. The summed E-state index contributed by atoms with van der Waals surface area (Å²) in [5, 5.41) is 4.17. The van der Waals surface area contributed by atoms with E-state index in [2.05, 4.69) is 5.10 Å². The van der Waals surface area contributed by atoms with Crippen LogP contribution in [0.5, 0.6) is 0 Å². The number of esters is 1. The summed E-state index contributed by atoms with van der Waals surface area (Å²) in [6, 6.07) is 9.29. The summed E-state index contributed by atoms with van der Waals surface area (Å²) in [5.74, 6) is -0.413. The number of carbonyl (C=O) groups is 1. The Morgan fingerprint density at radius 3 is 2.80 bits per heavy atom. The van der Waals surface area contributed by atoms with Gasteiger partial charge in [-0.1, -0.05) is 18.2 Å². The first-order valence-electron chi connectivity index (χ1n) is 8.21. The van der Waals surface area contributed by atoms with Crippen LogP contribution in [0.3, 0.4) is 0 Å². The van der Waals surface area contributed by atoms with Gasteiger partial charge in [0.05, 0.1) is 25.2 Å². The molecule has 1 aromatic heterocycles. The molecule has 2 aliphatic rings. The van der Waals surface area contributed by atoms with Crippen molar-refractivity contribution in [3.8, 4) is 5.69 Å². The average Bonchev–Trinajstić information content (AvgIpc) is 3.18. The topological polar surface area (TPSA) is 81.5 Å². The number of hydrogen-bond donors (Lipinski definition) is 0. The van der Waals surface area contributed by atoms with E-state index in [1.807, 2.05) is 30.3 Å². The first-order valence-corrected chi connectivity index (χ1v) is 9.65. The van der Waals surface area contributed by atoms with Crippen molar-refractivity contribution < 1.29 is 17.9 Å². The summed E-state index contributed by atoms with van der Waals surface area (Å²) in [5.41, 5.74) is -0.254. The predicted molar refractivity (Wildman–Crippen MR) is 89.5 cm³/mol. The van der Waals surface area contributed by atoms with E-state index in [0.29, 0.717) is 13.0 Å². The number of benzene rings is 1. The zero-order chi connectivity index (χ0) is 17.7. The molecule has 0 radical (unpaired) electrons. The van der Waals surface area contributed by atoms with Gasteiger partial charge in [-0.3, -0.25) is 4.79 Å². The molecular weight excluding hydrogens is 342 g/mol. The smallest absolute Gasteiger partial charge is 0.327 e. The van der Waals surface area contributed by atoms with Crippen LogP contribution in [0.2, 0.25) is 0 Å². The van der Waals surface area contributed by atoms with Crippen molar-refractivity contribution in [2.24, 2.45) is 5.92 Å². The summed E-state index contributed by atoms with van der Waals surface area (Å²) in [6.45, 7) is 0.324. The molecule has 0 spiro atoms. The van der Waals surface area contributed by atoms with E-state index in [1.165, 1.54) is 28.5 Å². The van der Waals surface area contributed by atoms with Crippen LogP contribution >= 0.6 is 0 Å². The van der Waals surface area contributed by atoms with Gasteiger partial charge in [0.15, 0.2) is 0 Å². The predicted octanol–water partition coefficient (Wildman–Crippen LogP) is 1.59. The highest BCUT2D eigenvalue weighted by Crippen LogP contribution is 2.56. The van der Waals surface area contributed by atoms with Crippen molar-refractivity contribution in [1.82, 2.24) is 14.1 Å². The number of rotatable bonds is 4. The van der Waals surface area contributed by atoms with E-state index in [0.717, 1.165) is 18.5 Å². The van der Waals surface area contributed by atoms with Gasteiger partial charge in [0.1, 0.15) is 10.4 Å². The molecule has 1 aliphatic heterocycles. The molecule has 2 atom stereocenters. The normalized spacial score (nSPS) is 26.0. The Labute approximate surface area is 146 Å². The molecule has 0 bridgehead atoms. The van der Waals surface area contributed by atoms with Gasteiger partial charge in [0.2, 0.25) is 10.0 Å². The molecule has 25 heavy (non-hydrogen) atoms. The monoisotopic (exact) mass is 361 g/mol. The van der Waals surface area contributed by atoms with E-state index in [9.17, 15) is 13.2 Å². The van der Waals surface area contributed by atoms with Crippen LogP contribution in [-0.4, -0.2) is 47.7 Å². The highest BCUT2D eigenvalue weighted by molar-refractivity contribution is 7.89. The molecular formula is C17H19N3O4S. The standard InChI is InChI=1S/C17H19N3O4S/c1-24-16(21)17-10-13(17)6-5-9-20(17)25(22,23)15-11-18-19(12-15)14-7-3-2-4-8-14/h2-4,7-8,11-13H,5-6,9-10H2,1H3/t13-,17+/m1/s1. The molecule has 1 aliphatic carbocycles. The van der Waals surface area contributed by atoms with E-state index in [1.54, 1.807) is 0 Å². The number of methoxy groups -OCH3 is 1. The molecule has 7 nitrogen and oxygen atoms in total. The lowest BCUT2D eigenvalue weighted by molar-refractivity contribution is -0.148. The second-order valence-electron chi connectivity index (χ2n) is 6.49. The number of fused-ring (bicyclic) bond motifs is 1. The summed E-state index contributed by atoms with van der Waals surface area (Å²) in [7, 11) is -2.52. The van der Waals surface area contributed by atoms with E-state index in [4.69, 9.17) is 4.74 Å². The number of para-hydroxylation sites is 1. The third-order valence-corrected chi connectivity index (χ3v) is 7.03. The summed E-state index contributed by atoms with van der Waals surface area (Å²) in [4.78, 5) is 12.4. The van der Waals surface area contributed by atoms with Crippen molar-refractivity contribution in [1.29, 1.82) is 0 Å². The largest absolute Gasteiger partial charge is 0.468 e. The number of ether oxygens (including phenoxy) is 1. The Kier molecular flexibility index (Phi) is 3.69. The number of nitrogens with zero attached hydrogens (tertiary/aromatic N) is 3. The van der Waals surface area contributed by atoms with E-state index in [-0.39, 0.29) is 10.8 Å². The van der Waals surface area contributed by atoms with Gasteiger partial charge in [-0.05, 0) is 37.3 Å². The van der Waals surface area contributed by atoms with E-state index < -0.39 is 21.5 Å². The number of aromatic nitrogens is 2. The minimum atomic E-state index is -3.82. The Hall–Kier alpha value is -2.19. The summed E-state index contributed by atoms with van der Waals surface area (Å²) in [6.07, 6.45) is 4.95. The van der Waals surface area contributed by atoms with Gasteiger partial charge in [-0.15, -0.1) is 0 Å². The van der Waals surface area contributed by atoms with Crippen LogP contribution in [0.25, 0.3) is 5.69 Å². The van der Waals surface area contributed by atoms with Gasteiger partial charge >= 0.3 is 5.97 Å². The molecule has 1 saturated heterocycles. The minimum Gasteiger partial charge on any atom is -0.468 e. The molecule has 0 amide bonds. The maximum atomic E-state index is 13.2. The Morgan fingerprint density at radius 1 is 1.32 bits per heavy atom. The van der Waals surface area contributed by atoms with Crippen LogP contribution in [0.4, 0.5) is 0 Å². The third-order valence-electron chi connectivity index (χ3n) is 5.14. The highest BCUT2D eigenvalue weighted by atomic mass is 32.2. The van der Waals surface area contributed by atoms with Gasteiger partial charge in [-0.2, -0.15) is 9.40 Å². The second kappa shape index (κ2) is 5.67. The fraction of sp³-hybridized carbons (Fsp3) is 0.412. The minimum absolute atomic E-state index is 0.0487. The zero-order valence-corrected chi connectivity index (χ0v) is 14.6. The van der Waals surface area contributed by atoms with Crippen molar-refractivity contribution in [2.75, 3.05) is 13.7 Å². The lowest BCUT2D eigenvalue weighted by atomic mass is 10.1. The maximum Gasteiger partial charge on any atom is 0.327 e. The molecule has 8 heteroatoms. The van der Waals surface area contributed by atoms with Gasteiger partial charge < -0.3 is 4.74 Å². The first kappa shape index (κ1) is 16.3. The molecule has 2 fully saturated rings. The van der Waals surface area contributed by atoms with Gasteiger partial charge in [0, 0.05) is 6.54 Å². The number of carbonyl (C=O) groups excluding carboxylic acids is 1. The molecule has 0 N–H and O–H groups in total. The SMILES string of the molecule is COC(=O)[C@]12C[C@H]1CCCN2S(=O)(=O)c1cnn(-c2ccccc2)c1. The summed E-state index contributed by atoms with van der Waals surface area (Å²) < 4.78 is 34.1. The molecule has 2 aromatic rings. The van der Waals surface area contributed by atoms with Crippen LogP contribution < -0.4 is 0 Å². The van der Waals surface area contributed by atoms with Crippen LogP contribution in [0.1, 0.15) is 19.3 Å². The number of hydrogen-bond acceptors (Lipinski definition) is 5. The Balaban J connectivity index is 1.70. The van der Waals surface area contributed by atoms with Crippen molar-refractivity contribution in [2.45, 2.75) is 29.7 Å². The Morgan fingerprint density at radius 2 is 2.08 bits per heavy atom. The lowest BCUT2D eigenvalue weighted by Crippen LogP contribution is -2.51. The fourth-order valence-electron chi connectivity index (χ4n) is 3.80. The van der Waals surface area contributed by atoms with Crippen molar-refractivity contribution >= 4 is 16.0 Å². The zero-order valence-electron chi connectivity index (χ0n) is 13.8. The maximum absolute atomic E-state index is 13.2. The molecule has 0 unspecified atom stereocenters. The number of sulfonamides is 1. The van der Waals surface area contributed by atoms with Crippen LogP contribution in [0.15, 0.2) is 47.6 Å². The molecule has 1 aromatic carbocycles. The number of piperidine rings is 1. The molecule has 132 valence electrons. The fourth-order valence-corrected chi connectivity index (χ4v) is 5.56. The highest BCUT2D eigenvalue weighted by Gasteiger charge is 2.69. The second-order valence-corrected chi connectivity index (χ2v) is 8.35. The molecule has 2 heterocycles. The Bertz CT molecular complexity index is 909. The molecule has 4 rings (SSSR count). The van der Waals surface area contributed by atoms with Crippen molar-refractivity contribution in [3.63, 3.8) is 0 Å². The molecule has 1 saturated carbocycles. The van der Waals surface area contributed by atoms with Crippen LogP contribution in [0, 0.1) is 5.92 Å². The van der Waals surface area contributed by atoms with E-state index >= 15 is 0 Å².